The van der Waals surface area contributed by atoms with Gasteiger partial charge in [0.1, 0.15) is 6.10 Å². The van der Waals surface area contributed by atoms with E-state index in [9.17, 15) is 9.90 Å². The lowest BCUT2D eigenvalue weighted by Gasteiger charge is -2.13. The van der Waals surface area contributed by atoms with E-state index in [0.29, 0.717) is 0 Å². The first-order chi connectivity index (χ1) is 7.00. The van der Waals surface area contributed by atoms with Crippen LogP contribution >= 0.6 is 11.3 Å². The highest BCUT2D eigenvalue weighted by Gasteiger charge is 2.14. The molecule has 0 bridgehead atoms. The third-order valence-electron chi connectivity index (χ3n) is 2.03. The van der Waals surface area contributed by atoms with Crippen molar-refractivity contribution in [2.24, 2.45) is 5.73 Å². The summed E-state index contributed by atoms with van der Waals surface area (Å²) < 4.78 is 0. The molecule has 1 amide bonds. The van der Waals surface area contributed by atoms with E-state index in [0.717, 1.165) is 10.7 Å². The molecule has 0 spiro atoms. The Hall–Kier alpha value is -0.980. The third-order valence-corrected chi connectivity index (χ3v) is 2.82. The van der Waals surface area contributed by atoms with Gasteiger partial charge in [-0.25, -0.2) is 4.98 Å². The van der Waals surface area contributed by atoms with Gasteiger partial charge in [0, 0.05) is 18.0 Å². The molecular weight excluding hydrogens is 214 g/mol. The first-order valence-electron chi connectivity index (χ1n) is 4.63. The van der Waals surface area contributed by atoms with E-state index >= 15 is 0 Å². The van der Waals surface area contributed by atoms with Gasteiger partial charge in [0.25, 0.3) is 0 Å². The van der Waals surface area contributed by atoms with Gasteiger partial charge in [0.2, 0.25) is 5.91 Å². The van der Waals surface area contributed by atoms with E-state index in [4.69, 9.17) is 5.73 Å². The third kappa shape index (κ3) is 3.58. The van der Waals surface area contributed by atoms with Crippen LogP contribution in [0.3, 0.4) is 0 Å². The Bertz CT molecular complexity index is 340. The second-order valence-corrected chi connectivity index (χ2v) is 4.40. The highest BCUT2D eigenvalue weighted by molar-refractivity contribution is 7.09. The van der Waals surface area contributed by atoms with Crippen LogP contribution in [0.1, 0.15) is 23.7 Å². The van der Waals surface area contributed by atoms with Gasteiger partial charge >= 0.3 is 0 Å². The van der Waals surface area contributed by atoms with E-state index in [2.05, 4.69) is 10.3 Å². The zero-order valence-corrected chi connectivity index (χ0v) is 9.54. The van der Waals surface area contributed by atoms with Crippen LogP contribution in [0.2, 0.25) is 0 Å². The molecule has 0 aromatic carbocycles. The molecule has 0 saturated heterocycles. The monoisotopic (exact) mass is 229 g/mol. The molecular formula is C9H15N3O2S. The molecule has 1 heterocycles. The number of hydrogen-bond acceptors (Lipinski definition) is 5. The van der Waals surface area contributed by atoms with Crippen molar-refractivity contribution in [1.82, 2.24) is 10.3 Å². The second kappa shape index (κ2) is 5.20. The van der Waals surface area contributed by atoms with Gasteiger partial charge in [-0.15, -0.1) is 11.3 Å². The summed E-state index contributed by atoms with van der Waals surface area (Å²) in [5, 5.41) is 15.1. The van der Waals surface area contributed by atoms with Crippen molar-refractivity contribution in [1.29, 1.82) is 0 Å². The molecule has 15 heavy (non-hydrogen) atoms. The molecule has 1 aromatic heterocycles. The summed E-state index contributed by atoms with van der Waals surface area (Å²) >= 11 is 1.57. The minimum Gasteiger partial charge on any atom is -0.382 e. The number of primary amides is 1. The molecule has 4 N–H and O–H groups in total. The smallest absolute Gasteiger partial charge is 0.247 e. The summed E-state index contributed by atoms with van der Waals surface area (Å²) in [6, 6.07) is 0.00366. The molecule has 84 valence electrons. The number of aromatic nitrogens is 1. The Labute approximate surface area is 92.3 Å². The number of aliphatic hydroxyl groups excluding tert-OH is 1. The summed E-state index contributed by atoms with van der Waals surface area (Å²) in [6.07, 6.45) is -1.15. The molecule has 2 unspecified atom stereocenters. The molecule has 0 radical (unpaired) electrons. The average molecular weight is 229 g/mol. The topological polar surface area (TPSA) is 88.2 Å². The standard InChI is InChI=1S/C9H15N3O2S/c1-5(7-4-15-6(2)12-7)11-3-8(13)9(10)14/h4-5,8,11,13H,3H2,1-2H3,(H2,10,14). The van der Waals surface area contributed by atoms with Crippen LogP contribution in [-0.2, 0) is 4.79 Å². The van der Waals surface area contributed by atoms with Crippen molar-refractivity contribution >= 4 is 17.2 Å². The number of nitrogens with two attached hydrogens (primary N) is 1. The number of hydrogen-bond donors (Lipinski definition) is 3. The highest BCUT2D eigenvalue weighted by Crippen LogP contribution is 2.15. The van der Waals surface area contributed by atoms with Gasteiger partial charge in [-0.2, -0.15) is 0 Å². The maximum Gasteiger partial charge on any atom is 0.247 e. The first kappa shape index (κ1) is 12.1. The fourth-order valence-electron chi connectivity index (χ4n) is 1.07. The number of nitrogens with one attached hydrogen (secondary N) is 1. The Morgan fingerprint density at radius 3 is 2.93 bits per heavy atom. The van der Waals surface area contributed by atoms with Gasteiger partial charge in [0.05, 0.1) is 10.7 Å². The number of aryl methyl sites for hydroxylation is 1. The van der Waals surface area contributed by atoms with Crippen LogP contribution in [0.25, 0.3) is 0 Å². The van der Waals surface area contributed by atoms with Gasteiger partial charge in [-0.1, -0.05) is 0 Å². The molecule has 0 saturated carbocycles. The molecule has 0 fully saturated rings. The molecule has 1 aromatic rings. The SMILES string of the molecule is Cc1nc(C(C)NCC(O)C(N)=O)cs1. The number of nitrogens with zero attached hydrogens (tertiary/aromatic N) is 1. The fourth-order valence-corrected chi connectivity index (χ4v) is 1.78. The van der Waals surface area contributed by atoms with E-state index in [1.807, 2.05) is 19.2 Å². The number of rotatable bonds is 5. The molecule has 5 nitrogen and oxygen atoms in total. The highest BCUT2D eigenvalue weighted by atomic mass is 32.1. The summed E-state index contributed by atoms with van der Waals surface area (Å²) in [5.74, 6) is -0.718. The van der Waals surface area contributed by atoms with E-state index < -0.39 is 12.0 Å². The van der Waals surface area contributed by atoms with Crippen LogP contribution in [0, 0.1) is 6.92 Å². The van der Waals surface area contributed by atoms with Crippen LogP contribution in [0.15, 0.2) is 5.38 Å². The lowest BCUT2D eigenvalue weighted by molar-refractivity contribution is -0.125. The first-order valence-corrected chi connectivity index (χ1v) is 5.51. The number of aliphatic hydroxyl groups is 1. The molecule has 0 aliphatic carbocycles. The van der Waals surface area contributed by atoms with Crippen molar-refractivity contribution in [3.63, 3.8) is 0 Å². The number of carbonyl (C=O) groups is 1. The number of amides is 1. The van der Waals surface area contributed by atoms with E-state index in [1.165, 1.54) is 0 Å². The minimum absolute atomic E-state index is 0.00366. The maximum atomic E-state index is 10.6. The van der Waals surface area contributed by atoms with Crippen LogP contribution < -0.4 is 11.1 Å². The average Bonchev–Trinajstić information content (AvgIpc) is 2.60. The van der Waals surface area contributed by atoms with E-state index in [1.54, 1.807) is 11.3 Å². The summed E-state index contributed by atoms with van der Waals surface area (Å²) in [7, 11) is 0. The molecule has 0 aliphatic rings. The predicted octanol–water partition coefficient (Wildman–Crippen LogP) is -0.0517. The van der Waals surface area contributed by atoms with Crippen molar-refractivity contribution < 1.29 is 9.90 Å². The fraction of sp³-hybridized carbons (Fsp3) is 0.556. The van der Waals surface area contributed by atoms with Crippen LogP contribution in [0.5, 0.6) is 0 Å². The van der Waals surface area contributed by atoms with Crippen molar-refractivity contribution in [3.8, 4) is 0 Å². The Morgan fingerprint density at radius 2 is 2.47 bits per heavy atom. The summed E-state index contributed by atoms with van der Waals surface area (Å²) in [4.78, 5) is 14.9. The van der Waals surface area contributed by atoms with Crippen LogP contribution in [0.4, 0.5) is 0 Å². The Balaban J connectivity index is 2.43. The lowest BCUT2D eigenvalue weighted by Crippen LogP contribution is -2.38. The van der Waals surface area contributed by atoms with Crippen LogP contribution in [-0.4, -0.2) is 28.6 Å². The predicted molar refractivity (Wildman–Crippen MR) is 58.5 cm³/mol. The zero-order chi connectivity index (χ0) is 11.4. The number of carbonyl (C=O) groups excluding carboxylic acids is 1. The van der Waals surface area contributed by atoms with Crippen molar-refractivity contribution in [2.75, 3.05) is 6.54 Å². The van der Waals surface area contributed by atoms with Gasteiger partial charge in [-0.05, 0) is 13.8 Å². The maximum absolute atomic E-state index is 10.6. The molecule has 2 atom stereocenters. The van der Waals surface area contributed by atoms with Gasteiger partial charge in [-0.3, -0.25) is 4.79 Å². The number of thiazole rings is 1. The zero-order valence-electron chi connectivity index (χ0n) is 8.73. The molecule has 6 heteroatoms. The quantitative estimate of drug-likeness (QED) is 0.660. The van der Waals surface area contributed by atoms with E-state index in [-0.39, 0.29) is 12.6 Å². The summed E-state index contributed by atoms with van der Waals surface area (Å²) in [5.41, 5.74) is 5.83. The Morgan fingerprint density at radius 1 is 1.80 bits per heavy atom. The summed E-state index contributed by atoms with van der Waals surface area (Å²) in [6.45, 7) is 3.99. The van der Waals surface area contributed by atoms with Gasteiger partial charge < -0.3 is 16.2 Å². The minimum atomic E-state index is -1.15. The van der Waals surface area contributed by atoms with Crippen molar-refractivity contribution in [3.05, 3.63) is 16.1 Å². The normalized spacial score (nSPS) is 14.9. The Kier molecular flexibility index (Phi) is 4.19. The second-order valence-electron chi connectivity index (χ2n) is 3.34. The lowest BCUT2D eigenvalue weighted by atomic mass is 10.2. The molecule has 0 aliphatic heterocycles. The van der Waals surface area contributed by atoms with Gasteiger partial charge in [0.15, 0.2) is 0 Å². The van der Waals surface area contributed by atoms with Crippen molar-refractivity contribution in [2.45, 2.75) is 26.0 Å². The molecule has 1 rings (SSSR count). The largest absolute Gasteiger partial charge is 0.382 e.